The van der Waals surface area contributed by atoms with Crippen LogP contribution in [0.25, 0.3) is 0 Å². The topological polar surface area (TPSA) is 114 Å². The molecule has 0 aliphatic heterocycles. The van der Waals surface area contributed by atoms with Crippen molar-refractivity contribution in [2.45, 2.75) is 40.2 Å². The molecular formula is C23H35N5O4. The lowest BCUT2D eigenvalue weighted by atomic mass is 10.2. The molecule has 1 aromatic heterocycles. The van der Waals surface area contributed by atoms with Gasteiger partial charge in [-0.1, -0.05) is 45.4 Å². The highest BCUT2D eigenvalue weighted by atomic mass is 16.5. The van der Waals surface area contributed by atoms with E-state index >= 15 is 0 Å². The van der Waals surface area contributed by atoms with Crippen LogP contribution in [0.15, 0.2) is 39.9 Å². The summed E-state index contributed by atoms with van der Waals surface area (Å²) in [6.45, 7) is 7.63. The normalized spacial score (nSPS) is 11.2. The molecule has 3 N–H and O–H groups in total. The van der Waals surface area contributed by atoms with Crippen molar-refractivity contribution in [1.82, 2.24) is 14.5 Å². The molecule has 0 bridgehead atoms. The summed E-state index contributed by atoms with van der Waals surface area (Å²) >= 11 is 0. The Labute approximate surface area is 188 Å². The number of nitrogen functional groups attached to an aromatic ring is 1. The first-order valence-electron chi connectivity index (χ1n) is 11.0. The number of para-hydroxylation sites is 1. The fraction of sp³-hybridized carbons (Fsp3) is 0.522. The van der Waals surface area contributed by atoms with Gasteiger partial charge in [0.05, 0.1) is 6.54 Å². The van der Waals surface area contributed by atoms with E-state index in [0.717, 1.165) is 12.2 Å². The smallest absolute Gasteiger partial charge is 0.330 e. The molecule has 0 saturated heterocycles. The molecule has 2 aromatic rings. The Morgan fingerprint density at radius 2 is 1.88 bits per heavy atom. The average molecular weight is 446 g/mol. The van der Waals surface area contributed by atoms with Crippen LogP contribution in [0, 0.1) is 5.92 Å². The van der Waals surface area contributed by atoms with Gasteiger partial charge in [-0.2, -0.15) is 0 Å². The minimum atomic E-state index is -0.646. The summed E-state index contributed by atoms with van der Waals surface area (Å²) in [6.07, 6.45) is 1.54. The molecule has 0 aliphatic rings. The molecule has 0 saturated carbocycles. The fourth-order valence-electron chi connectivity index (χ4n) is 3.29. The zero-order valence-electron chi connectivity index (χ0n) is 19.5. The number of unbranched alkanes of at least 4 members (excludes halogenated alkanes) is 1. The minimum absolute atomic E-state index is 0.0203. The quantitative estimate of drug-likeness (QED) is 0.516. The van der Waals surface area contributed by atoms with Gasteiger partial charge < -0.3 is 15.4 Å². The van der Waals surface area contributed by atoms with Crippen molar-refractivity contribution >= 4 is 17.4 Å². The van der Waals surface area contributed by atoms with Crippen molar-refractivity contribution in [2.24, 2.45) is 5.92 Å². The van der Waals surface area contributed by atoms with Crippen molar-refractivity contribution in [3.63, 3.8) is 0 Å². The highest BCUT2D eigenvalue weighted by Crippen LogP contribution is 2.19. The van der Waals surface area contributed by atoms with Crippen molar-refractivity contribution in [1.29, 1.82) is 0 Å². The number of rotatable bonds is 12. The van der Waals surface area contributed by atoms with Crippen molar-refractivity contribution < 1.29 is 9.53 Å². The number of likely N-dealkylation sites (N-methyl/N-ethyl adjacent to an activating group) is 1. The number of hydrogen-bond donors (Lipinski definition) is 2. The Bertz CT molecular complexity index is 984. The number of benzene rings is 1. The monoisotopic (exact) mass is 445 g/mol. The molecule has 176 valence electrons. The van der Waals surface area contributed by atoms with Crippen LogP contribution in [0.1, 0.15) is 33.6 Å². The maximum Gasteiger partial charge on any atom is 0.330 e. The summed E-state index contributed by atoms with van der Waals surface area (Å²) in [5, 5.41) is 0. The van der Waals surface area contributed by atoms with Crippen molar-refractivity contribution in [3.8, 4) is 5.75 Å². The predicted molar refractivity (Wildman–Crippen MR) is 127 cm³/mol. The highest BCUT2D eigenvalue weighted by molar-refractivity contribution is 5.96. The van der Waals surface area contributed by atoms with Gasteiger partial charge in [-0.15, -0.1) is 0 Å². The lowest BCUT2D eigenvalue weighted by Crippen LogP contribution is -2.45. The summed E-state index contributed by atoms with van der Waals surface area (Å²) in [5.74, 6) is 0.674. The van der Waals surface area contributed by atoms with E-state index in [9.17, 15) is 14.4 Å². The van der Waals surface area contributed by atoms with E-state index in [1.165, 1.54) is 9.47 Å². The van der Waals surface area contributed by atoms with E-state index in [-0.39, 0.29) is 29.9 Å². The van der Waals surface area contributed by atoms with Crippen LogP contribution >= 0.6 is 0 Å². The number of aromatic nitrogens is 2. The zero-order chi connectivity index (χ0) is 23.7. The zero-order valence-corrected chi connectivity index (χ0v) is 19.5. The average Bonchev–Trinajstić information content (AvgIpc) is 2.73. The molecular weight excluding hydrogens is 410 g/mol. The summed E-state index contributed by atoms with van der Waals surface area (Å²) in [5.41, 5.74) is 5.06. The van der Waals surface area contributed by atoms with Gasteiger partial charge in [0.15, 0.2) is 5.69 Å². The third-order valence-electron chi connectivity index (χ3n) is 4.96. The van der Waals surface area contributed by atoms with Crippen LogP contribution in [0.4, 0.5) is 11.5 Å². The molecule has 0 unspecified atom stereocenters. The van der Waals surface area contributed by atoms with Gasteiger partial charge in [0.25, 0.3) is 5.56 Å². The Morgan fingerprint density at radius 3 is 2.50 bits per heavy atom. The van der Waals surface area contributed by atoms with Crippen LogP contribution in [-0.2, 0) is 11.3 Å². The van der Waals surface area contributed by atoms with Crippen LogP contribution < -0.4 is 26.6 Å². The highest BCUT2D eigenvalue weighted by Gasteiger charge is 2.24. The number of anilines is 2. The van der Waals surface area contributed by atoms with Gasteiger partial charge in [0.1, 0.15) is 18.2 Å². The molecule has 0 aliphatic carbocycles. The number of amides is 1. The molecule has 2 rings (SSSR count). The number of carbonyl (C=O) groups is 1. The van der Waals surface area contributed by atoms with Gasteiger partial charge >= 0.3 is 5.69 Å². The number of aromatic amines is 1. The SMILES string of the molecule is CCCCN(C(=O)CN(C)CCOc1ccccc1)c1c(N)n(CC(C)C)c(=O)[nH]c1=O. The number of H-pyrrole nitrogens is 1. The van der Waals surface area contributed by atoms with E-state index in [0.29, 0.717) is 32.7 Å². The van der Waals surface area contributed by atoms with Gasteiger partial charge in [-0.3, -0.25) is 24.0 Å². The molecule has 0 spiro atoms. The van der Waals surface area contributed by atoms with Crippen molar-refractivity contribution in [3.05, 3.63) is 51.2 Å². The molecule has 9 heteroatoms. The molecule has 0 fully saturated rings. The number of nitrogens with one attached hydrogen (secondary N) is 1. The number of nitrogens with zero attached hydrogens (tertiary/aromatic N) is 3. The fourth-order valence-corrected chi connectivity index (χ4v) is 3.29. The molecule has 1 heterocycles. The number of nitrogens with two attached hydrogens (primary N) is 1. The lowest BCUT2D eigenvalue weighted by molar-refractivity contribution is -0.119. The minimum Gasteiger partial charge on any atom is -0.492 e. The number of ether oxygens (including phenoxy) is 1. The predicted octanol–water partition coefficient (Wildman–Crippen LogP) is 1.92. The van der Waals surface area contributed by atoms with E-state index < -0.39 is 11.2 Å². The maximum atomic E-state index is 13.2. The van der Waals surface area contributed by atoms with Gasteiger partial charge in [-0.25, -0.2) is 4.79 Å². The lowest BCUT2D eigenvalue weighted by Gasteiger charge is -2.27. The third kappa shape index (κ3) is 6.98. The summed E-state index contributed by atoms with van der Waals surface area (Å²) < 4.78 is 7.02. The van der Waals surface area contributed by atoms with Crippen LogP contribution in [-0.4, -0.2) is 53.6 Å². The Hall–Kier alpha value is -3.07. The molecule has 1 amide bonds. The Balaban J connectivity index is 2.17. The Kier molecular flexibility index (Phi) is 9.52. The second-order valence-electron chi connectivity index (χ2n) is 8.30. The maximum absolute atomic E-state index is 13.2. The largest absolute Gasteiger partial charge is 0.492 e. The molecule has 0 radical (unpaired) electrons. The first kappa shape index (κ1) is 25.2. The van der Waals surface area contributed by atoms with E-state index in [1.54, 1.807) is 0 Å². The first-order valence-corrected chi connectivity index (χ1v) is 11.0. The third-order valence-corrected chi connectivity index (χ3v) is 4.96. The first-order chi connectivity index (χ1) is 15.2. The van der Waals surface area contributed by atoms with Gasteiger partial charge in [0.2, 0.25) is 5.91 Å². The number of hydrogen-bond acceptors (Lipinski definition) is 6. The second-order valence-corrected chi connectivity index (χ2v) is 8.30. The second kappa shape index (κ2) is 12.1. The molecule has 0 atom stereocenters. The molecule has 32 heavy (non-hydrogen) atoms. The standard InChI is InChI=1S/C23H35N5O4/c1-5-6-12-27(20-21(24)28(15-17(2)3)23(31)25-22(20)30)19(29)16-26(4)13-14-32-18-10-8-7-9-11-18/h7-11,17H,5-6,12-16,24H2,1-4H3,(H,25,30,31). The van der Waals surface area contributed by atoms with Crippen molar-refractivity contribution in [2.75, 3.05) is 43.9 Å². The van der Waals surface area contributed by atoms with E-state index in [1.807, 2.05) is 63.1 Å². The van der Waals surface area contributed by atoms with E-state index in [2.05, 4.69) is 4.98 Å². The summed E-state index contributed by atoms with van der Waals surface area (Å²) in [7, 11) is 1.82. The van der Waals surface area contributed by atoms with Crippen LogP contribution in [0.5, 0.6) is 5.75 Å². The van der Waals surface area contributed by atoms with Gasteiger partial charge in [0, 0.05) is 19.6 Å². The molecule has 9 nitrogen and oxygen atoms in total. The van der Waals surface area contributed by atoms with Crippen LogP contribution in [0.3, 0.4) is 0 Å². The van der Waals surface area contributed by atoms with Crippen LogP contribution in [0.2, 0.25) is 0 Å². The summed E-state index contributed by atoms with van der Waals surface area (Å²) in [4.78, 5) is 43.6. The summed E-state index contributed by atoms with van der Waals surface area (Å²) in [6, 6.07) is 9.46. The van der Waals surface area contributed by atoms with Gasteiger partial charge in [-0.05, 0) is 31.5 Å². The Morgan fingerprint density at radius 1 is 1.19 bits per heavy atom. The van der Waals surface area contributed by atoms with E-state index in [4.69, 9.17) is 10.5 Å². The molecule has 1 aromatic carbocycles. The number of carbonyl (C=O) groups excluding carboxylic acids is 1.